The van der Waals surface area contributed by atoms with Crippen LogP contribution in [0.3, 0.4) is 0 Å². The molecule has 0 radical (unpaired) electrons. The fourth-order valence-corrected chi connectivity index (χ4v) is 2.31. The SMILES string of the molecule is CCn1cncc1C(O)Cc1cccc(Br)c1. The molecule has 2 rings (SSSR count). The molecule has 1 heterocycles. The molecule has 1 N–H and O–H groups in total. The second kappa shape index (κ2) is 5.47. The topological polar surface area (TPSA) is 38.0 Å². The lowest BCUT2D eigenvalue weighted by Crippen LogP contribution is -2.08. The predicted octanol–water partition coefficient (Wildman–Crippen LogP) is 2.94. The molecular formula is C13H15BrN2O. The molecule has 4 heteroatoms. The molecule has 17 heavy (non-hydrogen) atoms. The van der Waals surface area contributed by atoms with Crippen molar-refractivity contribution in [2.24, 2.45) is 0 Å². The lowest BCUT2D eigenvalue weighted by atomic mass is 10.1. The Morgan fingerprint density at radius 1 is 1.47 bits per heavy atom. The quantitative estimate of drug-likeness (QED) is 0.941. The molecule has 0 saturated heterocycles. The van der Waals surface area contributed by atoms with Crippen molar-refractivity contribution in [2.45, 2.75) is 26.0 Å². The van der Waals surface area contributed by atoms with Crippen LogP contribution >= 0.6 is 15.9 Å². The molecule has 1 atom stereocenters. The van der Waals surface area contributed by atoms with E-state index in [0.29, 0.717) is 6.42 Å². The zero-order valence-electron chi connectivity index (χ0n) is 9.68. The second-order valence-electron chi connectivity index (χ2n) is 3.95. The van der Waals surface area contributed by atoms with Gasteiger partial charge in [-0.3, -0.25) is 0 Å². The molecular weight excluding hydrogens is 280 g/mol. The summed E-state index contributed by atoms with van der Waals surface area (Å²) in [6, 6.07) is 7.99. The van der Waals surface area contributed by atoms with Crippen molar-refractivity contribution >= 4 is 15.9 Å². The van der Waals surface area contributed by atoms with E-state index in [0.717, 1.165) is 22.3 Å². The van der Waals surface area contributed by atoms with E-state index in [9.17, 15) is 5.11 Å². The van der Waals surface area contributed by atoms with Gasteiger partial charge in [-0.25, -0.2) is 4.98 Å². The first kappa shape index (κ1) is 12.3. The van der Waals surface area contributed by atoms with Crippen LogP contribution in [0, 0.1) is 0 Å². The van der Waals surface area contributed by atoms with Crippen molar-refractivity contribution in [3.8, 4) is 0 Å². The van der Waals surface area contributed by atoms with E-state index in [1.807, 2.05) is 35.8 Å². The summed E-state index contributed by atoms with van der Waals surface area (Å²) in [5.41, 5.74) is 1.98. The maximum atomic E-state index is 10.2. The maximum absolute atomic E-state index is 10.2. The summed E-state index contributed by atoms with van der Waals surface area (Å²) in [5.74, 6) is 0. The number of rotatable bonds is 4. The van der Waals surface area contributed by atoms with E-state index in [4.69, 9.17) is 0 Å². The van der Waals surface area contributed by atoms with Gasteiger partial charge >= 0.3 is 0 Å². The Morgan fingerprint density at radius 2 is 2.29 bits per heavy atom. The highest BCUT2D eigenvalue weighted by Gasteiger charge is 2.12. The van der Waals surface area contributed by atoms with Crippen LogP contribution in [-0.2, 0) is 13.0 Å². The Labute approximate surface area is 109 Å². The van der Waals surface area contributed by atoms with E-state index in [1.165, 1.54) is 0 Å². The number of halogens is 1. The van der Waals surface area contributed by atoms with Crippen molar-refractivity contribution in [1.29, 1.82) is 0 Å². The molecule has 1 aromatic carbocycles. The van der Waals surface area contributed by atoms with Crippen molar-refractivity contribution in [2.75, 3.05) is 0 Å². The second-order valence-corrected chi connectivity index (χ2v) is 4.87. The third-order valence-electron chi connectivity index (χ3n) is 2.74. The fraction of sp³-hybridized carbons (Fsp3) is 0.308. The van der Waals surface area contributed by atoms with E-state index in [1.54, 1.807) is 12.5 Å². The highest BCUT2D eigenvalue weighted by molar-refractivity contribution is 9.10. The van der Waals surface area contributed by atoms with Crippen molar-refractivity contribution in [1.82, 2.24) is 9.55 Å². The first-order valence-corrected chi connectivity index (χ1v) is 6.42. The van der Waals surface area contributed by atoms with Crippen LogP contribution in [0.2, 0.25) is 0 Å². The van der Waals surface area contributed by atoms with Crippen LogP contribution in [0.4, 0.5) is 0 Å². The molecule has 0 fully saturated rings. The fourth-order valence-electron chi connectivity index (χ4n) is 1.86. The molecule has 0 aliphatic rings. The first-order valence-electron chi connectivity index (χ1n) is 5.63. The highest BCUT2D eigenvalue weighted by atomic mass is 79.9. The number of nitrogens with zero attached hydrogens (tertiary/aromatic N) is 2. The van der Waals surface area contributed by atoms with Gasteiger partial charge in [-0.15, -0.1) is 0 Å². The Balaban J connectivity index is 2.14. The van der Waals surface area contributed by atoms with Gasteiger partial charge in [0.2, 0.25) is 0 Å². The lowest BCUT2D eigenvalue weighted by molar-refractivity contribution is 0.169. The molecule has 0 spiro atoms. The summed E-state index contributed by atoms with van der Waals surface area (Å²) in [6.07, 6.45) is 3.57. The molecule has 0 saturated carbocycles. The van der Waals surface area contributed by atoms with Crippen molar-refractivity contribution in [3.05, 3.63) is 52.5 Å². The van der Waals surface area contributed by atoms with Gasteiger partial charge in [-0.05, 0) is 24.6 Å². The molecule has 0 bridgehead atoms. The summed E-state index contributed by atoms with van der Waals surface area (Å²) < 4.78 is 2.99. The lowest BCUT2D eigenvalue weighted by Gasteiger charge is -2.12. The highest BCUT2D eigenvalue weighted by Crippen LogP contribution is 2.20. The Kier molecular flexibility index (Phi) is 3.97. The number of aryl methyl sites for hydroxylation is 1. The van der Waals surface area contributed by atoms with Gasteiger partial charge in [0.25, 0.3) is 0 Å². The van der Waals surface area contributed by atoms with Crippen LogP contribution in [0.5, 0.6) is 0 Å². The van der Waals surface area contributed by atoms with Crippen molar-refractivity contribution in [3.63, 3.8) is 0 Å². The molecule has 0 amide bonds. The minimum atomic E-state index is -0.508. The van der Waals surface area contributed by atoms with Gasteiger partial charge in [0.15, 0.2) is 0 Å². The number of aliphatic hydroxyl groups is 1. The van der Waals surface area contributed by atoms with Crippen LogP contribution < -0.4 is 0 Å². The van der Waals surface area contributed by atoms with Gasteiger partial charge < -0.3 is 9.67 Å². The molecule has 1 aromatic heterocycles. The summed E-state index contributed by atoms with van der Waals surface area (Å²) >= 11 is 3.43. The number of aromatic nitrogens is 2. The monoisotopic (exact) mass is 294 g/mol. The van der Waals surface area contributed by atoms with Crippen molar-refractivity contribution < 1.29 is 5.11 Å². The van der Waals surface area contributed by atoms with Gasteiger partial charge in [-0.2, -0.15) is 0 Å². The molecule has 3 nitrogen and oxygen atoms in total. The molecule has 0 aliphatic heterocycles. The predicted molar refractivity (Wildman–Crippen MR) is 70.7 cm³/mol. The Hall–Kier alpha value is -1.13. The third kappa shape index (κ3) is 2.96. The standard InChI is InChI=1S/C13H15BrN2O/c1-2-16-9-15-8-12(16)13(17)7-10-4-3-5-11(14)6-10/h3-6,8-9,13,17H,2,7H2,1H3. The summed E-state index contributed by atoms with van der Waals surface area (Å²) in [7, 11) is 0. The third-order valence-corrected chi connectivity index (χ3v) is 3.24. The van der Waals surface area contributed by atoms with Gasteiger partial charge in [0.1, 0.15) is 0 Å². The average Bonchev–Trinajstić information content (AvgIpc) is 2.77. The Morgan fingerprint density at radius 3 is 3.00 bits per heavy atom. The van der Waals surface area contributed by atoms with E-state index < -0.39 is 6.10 Å². The van der Waals surface area contributed by atoms with Crippen LogP contribution in [-0.4, -0.2) is 14.7 Å². The van der Waals surface area contributed by atoms with Crippen LogP contribution in [0.15, 0.2) is 41.3 Å². The molecule has 0 aliphatic carbocycles. The smallest absolute Gasteiger partial charge is 0.0995 e. The summed E-state index contributed by atoms with van der Waals surface area (Å²) in [6.45, 7) is 2.86. The first-order chi connectivity index (χ1) is 8.20. The van der Waals surface area contributed by atoms with Crippen LogP contribution in [0.25, 0.3) is 0 Å². The van der Waals surface area contributed by atoms with Gasteiger partial charge in [0.05, 0.1) is 24.3 Å². The number of hydrogen-bond acceptors (Lipinski definition) is 2. The zero-order chi connectivity index (χ0) is 12.3. The van der Waals surface area contributed by atoms with E-state index >= 15 is 0 Å². The number of imidazole rings is 1. The normalized spacial score (nSPS) is 12.6. The minimum Gasteiger partial charge on any atom is -0.386 e. The molecule has 90 valence electrons. The van der Waals surface area contributed by atoms with E-state index in [-0.39, 0.29) is 0 Å². The average molecular weight is 295 g/mol. The Bertz CT molecular complexity index is 496. The molecule has 1 unspecified atom stereocenters. The van der Waals surface area contributed by atoms with Gasteiger partial charge in [-0.1, -0.05) is 28.1 Å². The van der Waals surface area contributed by atoms with Gasteiger partial charge in [0, 0.05) is 17.4 Å². The number of benzene rings is 1. The number of aliphatic hydroxyl groups excluding tert-OH is 1. The van der Waals surface area contributed by atoms with E-state index in [2.05, 4.69) is 20.9 Å². The summed E-state index contributed by atoms with van der Waals surface area (Å²) in [4.78, 5) is 4.07. The number of hydrogen-bond donors (Lipinski definition) is 1. The summed E-state index contributed by atoms with van der Waals surface area (Å²) in [5, 5.41) is 10.2. The van der Waals surface area contributed by atoms with Crippen LogP contribution in [0.1, 0.15) is 24.3 Å². The largest absolute Gasteiger partial charge is 0.386 e. The molecule has 2 aromatic rings. The maximum Gasteiger partial charge on any atom is 0.0995 e. The zero-order valence-corrected chi connectivity index (χ0v) is 11.3. The minimum absolute atomic E-state index is 0.508.